The second kappa shape index (κ2) is 13.8. The van der Waals surface area contributed by atoms with E-state index in [4.69, 9.17) is 4.74 Å². The molecule has 0 heterocycles. The van der Waals surface area contributed by atoms with Crippen molar-refractivity contribution in [1.29, 1.82) is 0 Å². The van der Waals surface area contributed by atoms with E-state index in [-0.39, 0.29) is 24.3 Å². The highest BCUT2D eigenvalue weighted by atomic mass is 16.5. The molecule has 4 N–H and O–H groups in total. The van der Waals surface area contributed by atoms with Gasteiger partial charge in [-0.05, 0) is 61.4 Å². The van der Waals surface area contributed by atoms with Crippen LogP contribution < -0.4 is 21.3 Å². The molecule has 172 valence electrons. The molecule has 0 spiro atoms. The number of hydrogen-bond donors (Lipinski definition) is 4. The molecular formula is C24H32N4O4. The first-order valence-electron chi connectivity index (χ1n) is 10.8. The lowest BCUT2D eigenvalue weighted by atomic mass is 10.2. The number of benzene rings is 2. The molecule has 8 heteroatoms. The van der Waals surface area contributed by atoms with Gasteiger partial charge in [-0.25, -0.2) is 0 Å². The molecule has 2 aromatic rings. The number of rotatable bonds is 13. The normalized spacial score (nSPS) is 10.3. The quantitative estimate of drug-likeness (QED) is 0.358. The van der Waals surface area contributed by atoms with Gasteiger partial charge in [0.25, 0.3) is 11.8 Å². The Kier molecular flexibility index (Phi) is 10.7. The maximum absolute atomic E-state index is 12.2. The zero-order valence-corrected chi connectivity index (χ0v) is 18.7. The summed E-state index contributed by atoms with van der Waals surface area (Å²) in [6, 6.07) is 13.7. The van der Waals surface area contributed by atoms with Crippen LogP contribution >= 0.6 is 0 Å². The summed E-state index contributed by atoms with van der Waals surface area (Å²) >= 11 is 0. The van der Waals surface area contributed by atoms with Gasteiger partial charge in [0.1, 0.15) is 0 Å². The highest BCUT2D eigenvalue weighted by Crippen LogP contribution is 2.11. The van der Waals surface area contributed by atoms with E-state index in [1.165, 1.54) is 0 Å². The molecule has 2 aromatic carbocycles. The number of ether oxygens (including phenoxy) is 1. The molecule has 3 amide bonds. The number of methoxy groups -OCH3 is 1. The van der Waals surface area contributed by atoms with Gasteiger partial charge in [-0.15, -0.1) is 0 Å². The Morgan fingerprint density at radius 3 is 1.84 bits per heavy atom. The minimum absolute atomic E-state index is 0.0732. The second-order valence-corrected chi connectivity index (χ2v) is 7.27. The predicted octanol–water partition coefficient (Wildman–Crippen LogP) is 3.03. The number of nitrogens with one attached hydrogen (secondary N) is 4. The number of carbonyl (C=O) groups excluding carboxylic acids is 3. The van der Waals surface area contributed by atoms with E-state index < -0.39 is 0 Å². The number of unbranched alkanes of at least 4 members (excludes halogenated alkanes) is 1. The second-order valence-electron chi connectivity index (χ2n) is 7.27. The van der Waals surface area contributed by atoms with Crippen LogP contribution in [0.4, 0.5) is 11.4 Å². The van der Waals surface area contributed by atoms with Gasteiger partial charge >= 0.3 is 0 Å². The average Bonchev–Trinajstić information content (AvgIpc) is 2.81. The summed E-state index contributed by atoms with van der Waals surface area (Å²) in [5.74, 6) is -0.485. The van der Waals surface area contributed by atoms with Crippen LogP contribution in [0.25, 0.3) is 0 Å². The fourth-order valence-corrected chi connectivity index (χ4v) is 2.83. The van der Waals surface area contributed by atoms with Gasteiger partial charge in [0, 0.05) is 49.3 Å². The van der Waals surface area contributed by atoms with Crippen molar-refractivity contribution >= 4 is 29.1 Å². The van der Waals surface area contributed by atoms with Gasteiger partial charge in [0.05, 0.1) is 6.54 Å². The monoisotopic (exact) mass is 440 g/mol. The standard InChI is InChI=1S/C24H32N4O4/c1-3-4-14-25-23(30)18-6-10-20(11-7-18)27-17-22(29)28-21-12-8-19(9-13-21)24(31)26-15-5-16-32-2/h6-13,27H,3-5,14-17H2,1-2H3,(H,25,30)(H,26,31)(H,28,29). The van der Waals surface area contributed by atoms with E-state index in [9.17, 15) is 14.4 Å². The zero-order chi connectivity index (χ0) is 23.2. The third-order valence-corrected chi connectivity index (χ3v) is 4.66. The number of anilines is 2. The Balaban J connectivity index is 1.75. The van der Waals surface area contributed by atoms with Crippen molar-refractivity contribution in [3.05, 3.63) is 59.7 Å². The Bertz CT molecular complexity index is 867. The van der Waals surface area contributed by atoms with Crippen molar-refractivity contribution in [3.63, 3.8) is 0 Å². The first-order chi connectivity index (χ1) is 15.5. The molecule has 0 radical (unpaired) electrons. The van der Waals surface area contributed by atoms with Crippen molar-refractivity contribution < 1.29 is 19.1 Å². The van der Waals surface area contributed by atoms with Gasteiger partial charge in [-0.1, -0.05) is 13.3 Å². The van der Waals surface area contributed by atoms with Crippen LogP contribution in [0.1, 0.15) is 46.9 Å². The van der Waals surface area contributed by atoms with Crippen LogP contribution in [0.5, 0.6) is 0 Å². The van der Waals surface area contributed by atoms with E-state index in [0.29, 0.717) is 36.5 Å². The summed E-state index contributed by atoms with van der Waals surface area (Å²) < 4.78 is 4.95. The first kappa shape index (κ1) is 24.9. The van der Waals surface area contributed by atoms with Crippen LogP contribution in [-0.4, -0.2) is 51.1 Å². The fraction of sp³-hybridized carbons (Fsp3) is 0.375. The van der Waals surface area contributed by atoms with Crippen LogP contribution in [0.2, 0.25) is 0 Å². The van der Waals surface area contributed by atoms with Crippen LogP contribution in [0.15, 0.2) is 48.5 Å². The Hall–Kier alpha value is -3.39. The molecule has 32 heavy (non-hydrogen) atoms. The molecule has 8 nitrogen and oxygen atoms in total. The molecule has 0 aliphatic heterocycles. The molecule has 0 bridgehead atoms. The van der Waals surface area contributed by atoms with Gasteiger partial charge in [-0.3, -0.25) is 14.4 Å². The summed E-state index contributed by atoms with van der Waals surface area (Å²) in [5.41, 5.74) is 2.45. The predicted molar refractivity (Wildman–Crippen MR) is 126 cm³/mol. The molecule has 0 aliphatic rings. The van der Waals surface area contributed by atoms with Gasteiger partial charge in [0.2, 0.25) is 5.91 Å². The SMILES string of the molecule is CCCCNC(=O)c1ccc(NCC(=O)Nc2ccc(C(=O)NCCCOC)cc2)cc1. The van der Waals surface area contributed by atoms with Gasteiger partial charge in [-0.2, -0.15) is 0 Å². The Morgan fingerprint density at radius 2 is 1.31 bits per heavy atom. The van der Waals surface area contributed by atoms with Crippen LogP contribution in [-0.2, 0) is 9.53 Å². The fourth-order valence-electron chi connectivity index (χ4n) is 2.83. The lowest BCUT2D eigenvalue weighted by molar-refractivity contribution is -0.114. The van der Waals surface area contributed by atoms with Crippen molar-refractivity contribution in [2.45, 2.75) is 26.2 Å². The molecular weight excluding hydrogens is 408 g/mol. The lowest BCUT2D eigenvalue weighted by Crippen LogP contribution is -2.25. The minimum Gasteiger partial charge on any atom is -0.385 e. The molecule has 0 fully saturated rings. The van der Waals surface area contributed by atoms with Gasteiger partial charge < -0.3 is 26.0 Å². The third kappa shape index (κ3) is 8.77. The van der Waals surface area contributed by atoms with E-state index in [0.717, 1.165) is 24.9 Å². The number of amides is 3. The van der Waals surface area contributed by atoms with Crippen LogP contribution in [0.3, 0.4) is 0 Å². The van der Waals surface area contributed by atoms with Crippen molar-refractivity contribution in [1.82, 2.24) is 10.6 Å². The van der Waals surface area contributed by atoms with Crippen molar-refractivity contribution in [2.75, 3.05) is 44.0 Å². The maximum atomic E-state index is 12.2. The zero-order valence-electron chi connectivity index (χ0n) is 18.7. The topological polar surface area (TPSA) is 109 Å². The summed E-state index contributed by atoms with van der Waals surface area (Å²) in [6.45, 7) is 3.95. The highest BCUT2D eigenvalue weighted by molar-refractivity contribution is 5.97. The smallest absolute Gasteiger partial charge is 0.251 e. The molecule has 0 aliphatic carbocycles. The minimum atomic E-state index is -0.219. The summed E-state index contributed by atoms with van der Waals surface area (Å²) in [6.07, 6.45) is 2.73. The van der Waals surface area contributed by atoms with E-state index >= 15 is 0 Å². The molecule has 0 aromatic heterocycles. The first-order valence-corrected chi connectivity index (χ1v) is 10.8. The van der Waals surface area contributed by atoms with Crippen molar-refractivity contribution in [2.24, 2.45) is 0 Å². The molecule has 0 unspecified atom stereocenters. The summed E-state index contributed by atoms with van der Waals surface area (Å²) in [7, 11) is 1.62. The summed E-state index contributed by atoms with van der Waals surface area (Å²) in [4.78, 5) is 36.3. The average molecular weight is 441 g/mol. The molecule has 2 rings (SSSR count). The molecule has 0 saturated carbocycles. The maximum Gasteiger partial charge on any atom is 0.251 e. The third-order valence-electron chi connectivity index (χ3n) is 4.66. The van der Waals surface area contributed by atoms with E-state index in [1.807, 2.05) is 0 Å². The number of hydrogen-bond acceptors (Lipinski definition) is 5. The lowest BCUT2D eigenvalue weighted by Gasteiger charge is -2.10. The largest absolute Gasteiger partial charge is 0.385 e. The molecule has 0 atom stereocenters. The van der Waals surface area contributed by atoms with E-state index in [2.05, 4.69) is 28.2 Å². The highest BCUT2D eigenvalue weighted by Gasteiger charge is 2.08. The van der Waals surface area contributed by atoms with Crippen molar-refractivity contribution in [3.8, 4) is 0 Å². The van der Waals surface area contributed by atoms with Gasteiger partial charge in [0.15, 0.2) is 0 Å². The Morgan fingerprint density at radius 1 is 0.781 bits per heavy atom. The molecule has 0 saturated heterocycles. The Labute approximate surface area is 189 Å². The summed E-state index contributed by atoms with van der Waals surface area (Å²) in [5, 5.41) is 11.5. The number of carbonyl (C=O) groups is 3. The van der Waals surface area contributed by atoms with Crippen LogP contribution in [0, 0.1) is 0 Å². The van der Waals surface area contributed by atoms with E-state index in [1.54, 1.807) is 55.6 Å².